The zero-order chi connectivity index (χ0) is 11.5. The fraction of sp³-hybridized carbons (Fsp3) is 0.364. The van der Waals surface area contributed by atoms with Crippen molar-refractivity contribution in [2.45, 2.75) is 26.2 Å². The zero-order valence-corrected chi connectivity index (χ0v) is 9.84. The molecule has 0 aliphatic heterocycles. The Morgan fingerprint density at radius 2 is 2.07 bits per heavy atom. The summed E-state index contributed by atoms with van der Waals surface area (Å²) in [5.41, 5.74) is 3.70. The van der Waals surface area contributed by atoms with E-state index in [0.29, 0.717) is 10.7 Å². The predicted octanol–water partition coefficient (Wildman–Crippen LogP) is 3.28. The van der Waals surface area contributed by atoms with Gasteiger partial charge in [-0.2, -0.15) is 0 Å². The molecule has 1 aromatic carbocycles. The Morgan fingerprint density at radius 1 is 1.40 bits per heavy atom. The first kappa shape index (κ1) is 12.0. The van der Waals surface area contributed by atoms with Gasteiger partial charge < -0.3 is 0 Å². The molecule has 4 heteroatoms. The van der Waals surface area contributed by atoms with Crippen LogP contribution in [0.2, 0.25) is 5.02 Å². The number of aliphatic imine (C=N–C) groups is 1. The van der Waals surface area contributed by atoms with Crippen LogP contribution in [0.1, 0.15) is 26.3 Å². The Bertz CT molecular complexity index is 369. The highest BCUT2D eigenvalue weighted by atomic mass is 35.5. The molecule has 0 aliphatic carbocycles. The summed E-state index contributed by atoms with van der Waals surface area (Å²) >= 11 is 6.05. The average molecular weight is 227 g/mol. The fourth-order valence-corrected chi connectivity index (χ4v) is 1.41. The van der Waals surface area contributed by atoms with Crippen molar-refractivity contribution in [3.05, 3.63) is 28.8 Å². The standard InChI is InChI=1S/C11H15ClN2O/c1-11(2,3)8-4-5-10(9(12)6-8)13-7-14-15/h4-7,15H,1-3H3,(H,13,14). The van der Waals surface area contributed by atoms with Crippen LogP contribution in [-0.4, -0.2) is 11.5 Å². The molecular formula is C11H15ClN2O. The third kappa shape index (κ3) is 3.22. The summed E-state index contributed by atoms with van der Waals surface area (Å²) in [6.07, 6.45) is 1.18. The number of nitrogens with one attached hydrogen (secondary N) is 1. The number of halogens is 1. The van der Waals surface area contributed by atoms with Crippen molar-refractivity contribution in [1.29, 1.82) is 0 Å². The molecule has 0 fully saturated rings. The van der Waals surface area contributed by atoms with Crippen molar-refractivity contribution in [3.63, 3.8) is 0 Å². The summed E-state index contributed by atoms with van der Waals surface area (Å²) in [5.74, 6) is 0. The molecule has 0 spiro atoms. The number of nitrogens with zero attached hydrogens (tertiary/aromatic N) is 1. The second kappa shape index (κ2) is 4.64. The largest absolute Gasteiger partial charge is 0.290 e. The fourth-order valence-electron chi connectivity index (χ4n) is 1.18. The monoisotopic (exact) mass is 226 g/mol. The molecule has 0 amide bonds. The van der Waals surface area contributed by atoms with Gasteiger partial charge in [-0.15, -0.1) is 0 Å². The van der Waals surface area contributed by atoms with Crippen LogP contribution in [0.4, 0.5) is 5.69 Å². The summed E-state index contributed by atoms with van der Waals surface area (Å²) in [6, 6.07) is 5.71. The van der Waals surface area contributed by atoms with E-state index >= 15 is 0 Å². The van der Waals surface area contributed by atoms with Crippen LogP contribution < -0.4 is 5.48 Å². The average Bonchev–Trinajstić information content (AvgIpc) is 2.14. The van der Waals surface area contributed by atoms with Crippen molar-refractivity contribution >= 4 is 23.6 Å². The second-order valence-electron chi connectivity index (χ2n) is 4.30. The van der Waals surface area contributed by atoms with Gasteiger partial charge in [0, 0.05) is 0 Å². The lowest BCUT2D eigenvalue weighted by molar-refractivity contribution is 0.240. The highest BCUT2D eigenvalue weighted by Gasteiger charge is 2.14. The number of benzene rings is 1. The van der Waals surface area contributed by atoms with E-state index in [2.05, 4.69) is 25.8 Å². The van der Waals surface area contributed by atoms with Gasteiger partial charge in [0.1, 0.15) is 6.34 Å². The Kier molecular flexibility index (Phi) is 3.72. The first-order valence-corrected chi connectivity index (χ1v) is 5.05. The number of hydroxylamine groups is 1. The van der Waals surface area contributed by atoms with Gasteiger partial charge in [-0.1, -0.05) is 38.4 Å². The van der Waals surface area contributed by atoms with Crippen molar-refractivity contribution in [1.82, 2.24) is 5.48 Å². The molecule has 0 radical (unpaired) electrons. The predicted molar refractivity (Wildman–Crippen MR) is 63.2 cm³/mol. The maximum absolute atomic E-state index is 8.36. The van der Waals surface area contributed by atoms with E-state index in [1.54, 1.807) is 0 Å². The third-order valence-electron chi connectivity index (χ3n) is 2.08. The van der Waals surface area contributed by atoms with Gasteiger partial charge >= 0.3 is 0 Å². The topological polar surface area (TPSA) is 44.6 Å². The lowest BCUT2D eigenvalue weighted by atomic mass is 9.87. The molecule has 0 unspecified atom stereocenters. The molecule has 0 saturated carbocycles. The molecule has 0 saturated heterocycles. The molecule has 0 heterocycles. The van der Waals surface area contributed by atoms with E-state index in [1.165, 1.54) is 6.34 Å². The molecule has 0 aliphatic rings. The Hall–Kier alpha value is -1.06. The molecule has 1 aromatic rings. The summed E-state index contributed by atoms with van der Waals surface area (Å²) in [7, 11) is 0. The smallest absolute Gasteiger partial charge is 0.113 e. The summed E-state index contributed by atoms with van der Waals surface area (Å²) in [5, 5.41) is 8.94. The minimum Gasteiger partial charge on any atom is -0.290 e. The SMILES string of the molecule is CC(C)(C)c1ccc(N=CNO)c(Cl)c1. The Balaban J connectivity index is 3.04. The van der Waals surface area contributed by atoms with Crippen LogP contribution in [-0.2, 0) is 5.41 Å². The minimum atomic E-state index is 0.0705. The molecule has 2 N–H and O–H groups in total. The van der Waals surface area contributed by atoms with Crippen molar-refractivity contribution < 1.29 is 5.21 Å². The lowest BCUT2D eigenvalue weighted by Gasteiger charge is -2.19. The van der Waals surface area contributed by atoms with E-state index in [4.69, 9.17) is 16.8 Å². The highest BCUT2D eigenvalue weighted by molar-refractivity contribution is 6.33. The minimum absolute atomic E-state index is 0.0705. The zero-order valence-electron chi connectivity index (χ0n) is 9.08. The van der Waals surface area contributed by atoms with E-state index < -0.39 is 0 Å². The first-order chi connectivity index (χ1) is 6.95. The number of rotatable bonds is 2. The molecule has 0 atom stereocenters. The second-order valence-corrected chi connectivity index (χ2v) is 4.71. The van der Waals surface area contributed by atoms with Gasteiger partial charge in [-0.25, -0.2) is 4.99 Å². The molecule has 3 nitrogen and oxygen atoms in total. The van der Waals surface area contributed by atoms with E-state index in [-0.39, 0.29) is 5.41 Å². The highest BCUT2D eigenvalue weighted by Crippen LogP contribution is 2.30. The Labute approximate surface area is 94.8 Å². The quantitative estimate of drug-likeness (QED) is 0.462. The number of hydrogen-bond donors (Lipinski definition) is 2. The van der Waals surface area contributed by atoms with Crippen LogP contribution in [0.25, 0.3) is 0 Å². The maximum atomic E-state index is 8.36. The first-order valence-electron chi connectivity index (χ1n) is 4.67. The van der Waals surface area contributed by atoms with E-state index in [9.17, 15) is 0 Å². The Morgan fingerprint density at radius 3 is 2.53 bits per heavy atom. The van der Waals surface area contributed by atoms with Gasteiger partial charge in [0.15, 0.2) is 0 Å². The van der Waals surface area contributed by atoms with Crippen molar-refractivity contribution in [2.24, 2.45) is 4.99 Å². The van der Waals surface area contributed by atoms with E-state index in [0.717, 1.165) is 5.56 Å². The van der Waals surface area contributed by atoms with Crippen LogP contribution >= 0.6 is 11.6 Å². The molecular weight excluding hydrogens is 212 g/mol. The van der Waals surface area contributed by atoms with Crippen molar-refractivity contribution in [2.75, 3.05) is 0 Å². The maximum Gasteiger partial charge on any atom is 0.113 e. The molecule has 0 bridgehead atoms. The van der Waals surface area contributed by atoms with Crippen molar-refractivity contribution in [3.8, 4) is 0 Å². The molecule has 15 heavy (non-hydrogen) atoms. The van der Waals surface area contributed by atoms with E-state index in [1.807, 2.05) is 23.7 Å². The normalized spacial score (nSPS) is 12.1. The van der Waals surface area contributed by atoms with Gasteiger partial charge in [-0.05, 0) is 23.1 Å². The molecule has 0 aromatic heterocycles. The van der Waals surface area contributed by atoms with Crippen LogP contribution in [0.15, 0.2) is 23.2 Å². The lowest BCUT2D eigenvalue weighted by Crippen LogP contribution is -2.10. The summed E-state index contributed by atoms with van der Waals surface area (Å²) in [4.78, 5) is 3.93. The number of hydrogen-bond acceptors (Lipinski definition) is 2. The van der Waals surface area contributed by atoms with Gasteiger partial charge in [0.25, 0.3) is 0 Å². The van der Waals surface area contributed by atoms with Gasteiger partial charge in [0.2, 0.25) is 0 Å². The van der Waals surface area contributed by atoms with Gasteiger partial charge in [0.05, 0.1) is 10.7 Å². The summed E-state index contributed by atoms with van der Waals surface area (Å²) in [6.45, 7) is 6.37. The van der Waals surface area contributed by atoms with Crippen LogP contribution in [0.3, 0.4) is 0 Å². The van der Waals surface area contributed by atoms with Gasteiger partial charge in [-0.3, -0.25) is 10.7 Å². The molecule has 1 rings (SSSR count). The molecule has 82 valence electrons. The summed E-state index contributed by atoms with van der Waals surface area (Å²) < 4.78 is 0. The van der Waals surface area contributed by atoms with Crippen LogP contribution in [0, 0.1) is 0 Å². The third-order valence-corrected chi connectivity index (χ3v) is 2.38. The van der Waals surface area contributed by atoms with Crippen LogP contribution in [0.5, 0.6) is 0 Å².